The fraction of sp³-hybridized carbons (Fsp3) is 0.667. The lowest BCUT2D eigenvalue weighted by Gasteiger charge is -2.43. The molecule has 3 aliphatic rings. The highest BCUT2D eigenvalue weighted by molar-refractivity contribution is 5.26. The van der Waals surface area contributed by atoms with Gasteiger partial charge in [-0.3, -0.25) is 4.90 Å². The lowest BCUT2D eigenvalue weighted by molar-refractivity contribution is -0.0435. The standard InChI is InChI=1S/C18H23F2NO/c19-14-3-4-15(16(20)11-14)18(22)5-7-21(8-6-18)17-10-12-1-2-13(17)9-12/h3-4,11-13,17,22H,1-2,5-10H2/t12-,13?,17?/m1/s1. The lowest BCUT2D eigenvalue weighted by Crippen LogP contribution is -2.48. The number of likely N-dealkylation sites (tertiary alicyclic amines) is 1. The highest BCUT2D eigenvalue weighted by Crippen LogP contribution is 2.48. The fourth-order valence-corrected chi connectivity index (χ4v) is 5.02. The van der Waals surface area contributed by atoms with Gasteiger partial charge in [-0.15, -0.1) is 0 Å². The van der Waals surface area contributed by atoms with E-state index in [2.05, 4.69) is 4.90 Å². The number of nitrogens with zero attached hydrogens (tertiary/aromatic N) is 1. The summed E-state index contributed by atoms with van der Waals surface area (Å²) in [6.45, 7) is 1.61. The van der Waals surface area contributed by atoms with E-state index >= 15 is 0 Å². The third-order valence-corrected chi connectivity index (χ3v) is 6.23. The molecular weight excluding hydrogens is 284 g/mol. The van der Waals surface area contributed by atoms with Gasteiger partial charge in [0.15, 0.2) is 0 Å². The van der Waals surface area contributed by atoms with Crippen molar-refractivity contribution in [2.45, 2.75) is 50.2 Å². The van der Waals surface area contributed by atoms with E-state index in [1.54, 1.807) is 0 Å². The highest BCUT2D eigenvalue weighted by atomic mass is 19.1. The Hall–Kier alpha value is -1.00. The van der Waals surface area contributed by atoms with E-state index in [0.29, 0.717) is 18.9 Å². The Bertz CT molecular complexity index is 568. The molecule has 2 saturated carbocycles. The van der Waals surface area contributed by atoms with Crippen LogP contribution in [0.15, 0.2) is 18.2 Å². The monoisotopic (exact) mass is 307 g/mol. The second-order valence-electron chi connectivity index (χ2n) is 7.43. The van der Waals surface area contributed by atoms with Crippen molar-refractivity contribution in [1.82, 2.24) is 4.90 Å². The summed E-state index contributed by atoms with van der Waals surface area (Å²) in [5.74, 6) is 0.518. The zero-order valence-electron chi connectivity index (χ0n) is 12.8. The summed E-state index contributed by atoms with van der Waals surface area (Å²) in [7, 11) is 0. The summed E-state index contributed by atoms with van der Waals surface area (Å²) >= 11 is 0. The van der Waals surface area contributed by atoms with Crippen LogP contribution in [0, 0.1) is 23.5 Å². The van der Waals surface area contributed by atoms with Crippen molar-refractivity contribution in [3.8, 4) is 0 Å². The zero-order chi connectivity index (χ0) is 15.3. The average molecular weight is 307 g/mol. The Morgan fingerprint density at radius 1 is 1.09 bits per heavy atom. The van der Waals surface area contributed by atoms with E-state index in [-0.39, 0.29) is 5.56 Å². The van der Waals surface area contributed by atoms with Crippen LogP contribution < -0.4 is 0 Å². The predicted molar refractivity (Wildman–Crippen MR) is 80.3 cm³/mol. The van der Waals surface area contributed by atoms with Crippen molar-refractivity contribution >= 4 is 0 Å². The first-order valence-electron chi connectivity index (χ1n) is 8.47. The number of halogens is 2. The number of hydrogen-bond acceptors (Lipinski definition) is 2. The number of benzene rings is 1. The third kappa shape index (κ3) is 2.37. The van der Waals surface area contributed by atoms with E-state index < -0.39 is 17.2 Å². The molecule has 22 heavy (non-hydrogen) atoms. The smallest absolute Gasteiger partial charge is 0.132 e. The van der Waals surface area contributed by atoms with Crippen molar-refractivity contribution in [2.24, 2.45) is 11.8 Å². The highest BCUT2D eigenvalue weighted by Gasteiger charge is 2.45. The first-order valence-corrected chi connectivity index (χ1v) is 8.47. The summed E-state index contributed by atoms with van der Waals surface area (Å²) < 4.78 is 27.0. The van der Waals surface area contributed by atoms with E-state index in [1.165, 1.54) is 37.8 Å². The van der Waals surface area contributed by atoms with Crippen LogP contribution in [0.4, 0.5) is 8.78 Å². The van der Waals surface area contributed by atoms with Gasteiger partial charge in [-0.25, -0.2) is 8.78 Å². The molecule has 4 rings (SSSR count). The van der Waals surface area contributed by atoms with Crippen LogP contribution in [0.1, 0.15) is 44.1 Å². The van der Waals surface area contributed by atoms with Crippen LogP contribution in [0.5, 0.6) is 0 Å². The van der Waals surface area contributed by atoms with E-state index in [4.69, 9.17) is 0 Å². The minimum Gasteiger partial charge on any atom is -0.385 e. The van der Waals surface area contributed by atoms with Gasteiger partial charge in [-0.2, -0.15) is 0 Å². The molecule has 0 aromatic heterocycles. The number of rotatable bonds is 2. The van der Waals surface area contributed by atoms with Crippen molar-refractivity contribution < 1.29 is 13.9 Å². The molecule has 3 fully saturated rings. The lowest BCUT2D eigenvalue weighted by atomic mass is 9.82. The molecule has 1 heterocycles. The van der Waals surface area contributed by atoms with Crippen molar-refractivity contribution in [1.29, 1.82) is 0 Å². The maximum Gasteiger partial charge on any atom is 0.132 e. The minimum absolute atomic E-state index is 0.251. The molecule has 1 N–H and O–H groups in total. The van der Waals surface area contributed by atoms with Crippen LogP contribution in [0.3, 0.4) is 0 Å². The maximum absolute atomic E-state index is 14.0. The van der Waals surface area contributed by atoms with Gasteiger partial charge in [-0.1, -0.05) is 12.5 Å². The molecule has 2 unspecified atom stereocenters. The molecule has 2 nitrogen and oxygen atoms in total. The van der Waals surface area contributed by atoms with Gasteiger partial charge in [0.05, 0.1) is 5.60 Å². The van der Waals surface area contributed by atoms with Gasteiger partial charge in [-0.05, 0) is 50.0 Å². The molecule has 0 amide bonds. The summed E-state index contributed by atoms with van der Waals surface area (Å²) in [4.78, 5) is 2.50. The van der Waals surface area contributed by atoms with E-state index in [0.717, 1.165) is 31.0 Å². The Morgan fingerprint density at radius 3 is 2.45 bits per heavy atom. The van der Waals surface area contributed by atoms with Crippen molar-refractivity contribution in [2.75, 3.05) is 13.1 Å². The van der Waals surface area contributed by atoms with Crippen LogP contribution in [-0.4, -0.2) is 29.1 Å². The van der Waals surface area contributed by atoms with Crippen molar-refractivity contribution in [3.05, 3.63) is 35.4 Å². The number of aliphatic hydroxyl groups is 1. The number of hydrogen-bond donors (Lipinski definition) is 1. The Kier molecular flexibility index (Phi) is 3.50. The van der Waals surface area contributed by atoms with Crippen molar-refractivity contribution in [3.63, 3.8) is 0 Å². The SMILES string of the molecule is OC1(c2ccc(F)cc2F)CCN(C2C[C@@H]3CCC2C3)CC1. The molecule has 2 aliphatic carbocycles. The van der Waals surface area contributed by atoms with Gasteiger partial charge in [0.2, 0.25) is 0 Å². The quantitative estimate of drug-likeness (QED) is 0.905. The minimum atomic E-state index is -1.15. The third-order valence-electron chi connectivity index (χ3n) is 6.23. The largest absolute Gasteiger partial charge is 0.385 e. The maximum atomic E-state index is 14.0. The molecule has 1 saturated heterocycles. The fourth-order valence-electron chi connectivity index (χ4n) is 5.02. The Labute approximate surface area is 130 Å². The predicted octanol–water partition coefficient (Wildman–Crippen LogP) is 3.44. The molecule has 1 aliphatic heterocycles. The van der Waals surface area contributed by atoms with Crippen LogP contribution in [-0.2, 0) is 5.60 Å². The van der Waals surface area contributed by atoms with Gasteiger partial charge < -0.3 is 5.11 Å². The normalized spacial score (nSPS) is 34.2. The van der Waals surface area contributed by atoms with Gasteiger partial charge in [0.25, 0.3) is 0 Å². The van der Waals surface area contributed by atoms with Gasteiger partial charge in [0.1, 0.15) is 11.6 Å². The first-order chi connectivity index (χ1) is 10.5. The van der Waals surface area contributed by atoms with Crippen LogP contribution in [0.2, 0.25) is 0 Å². The summed E-state index contributed by atoms with van der Waals surface area (Å²) in [5, 5.41) is 10.8. The first kappa shape index (κ1) is 14.6. The summed E-state index contributed by atoms with van der Waals surface area (Å²) in [5.41, 5.74) is -0.896. The van der Waals surface area contributed by atoms with Crippen LogP contribution in [0.25, 0.3) is 0 Å². The number of piperidine rings is 1. The zero-order valence-corrected chi connectivity index (χ0v) is 12.8. The molecule has 1 aromatic rings. The molecule has 4 heteroatoms. The average Bonchev–Trinajstić information content (AvgIpc) is 3.10. The van der Waals surface area contributed by atoms with Gasteiger partial charge in [0, 0.05) is 30.8 Å². The summed E-state index contributed by atoms with van der Waals surface area (Å²) in [6.07, 6.45) is 6.47. The molecule has 2 bridgehead atoms. The summed E-state index contributed by atoms with van der Waals surface area (Å²) in [6, 6.07) is 4.17. The van der Waals surface area contributed by atoms with Crippen LogP contribution >= 0.6 is 0 Å². The molecular formula is C18H23F2NO. The molecule has 1 aromatic carbocycles. The molecule has 120 valence electrons. The molecule has 0 spiro atoms. The molecule has 3 atom stereocenters. The van der Waals surface area contributed by atoms with Gasteiger partial charge >= 0.3 is 0 Å². The van der Waals surface area contributed by atoms with E-state index in [1.807, 2.05) is 0 Å². The number of fused-ring (bicyclic) bond motifs is 2. The second kappa shape index (κ2) is 5.27. The topological polar surface area (TPSA) is 23.5 Å². The molecule has 0 radical (unpaired) electrons. The van der Waals surface area contributed by atoms with E-state index in [9.17, 15) is 13.9 Å². The second-order valence-corrected chi connectivity index (χ2v) is 7.43. The Balaban J connectivity index is 1.46. The Morgan fingerprint density at radius 2 is 1.86 bits per heavy atom.